The van der Waals surface area contributed by atoms with Crippen molar-refractivity contribution in [3.63, 3.8) is 0 Å². The quantitative estimate of drug-likeness (QED) is 0.281. The van der Waals surface area contributed by atoms with Gasteiger partial charge >= 0.3 is 6.30 Å². The molecule has 0 rings (SSSR count). The van der Waals surface area contributed by atoms with Crippen molar-refractivity contribution in [3.05, 3.63) is 0 Å². The normalized spacial score (nSPS) is 10.0. The Labute approximate surface area is 37.5 Å². The molecule has 0 aromatic rings. The van der Waals surface area contributed by atoms with E-state index in [9.17, 15) is 13.2 Å². The van der Waals surface area contributed by atoms with Gasteiger partial charge in [0.2, 0.25) is 0 Å². The zero-order chi connectivity index (χ0) is 5.91. The molecule has 0 fully saturated rings. The van der Waals surface area contributed by atoms with E-state index < -0.39 is 6.30 Å². The van der Waals surface area contributed by atoms with Gasteiger partial charge in [0.25, 0.3) is 0 Å². The van der Waals surface area contributed by atoms with Gasteiger partial charge in [-0.3, -0.25) is 0 Å². The predicted molar refractivity (Wildman–Crippen MR) is 14.8 cm³/mol. The van der Waals surface area contributed by atoms with E-state index in [0.717, 1.165) is 6.19 Å². The van der Waals surface area contributed by atoms with Crippen LogP contribution in [0.4, 0.5) is 13.2 Å². The molecule has 0 bridgehead atoms. The molecule has 2 nitrogen and oxygen atoms in total. The molecule has 0 unspecified atom stereocenters. The van der Waals surface area contributed by atoms with Gasteiger partial charge in [-0.15, -0.1) is 13.2 Å². The number of alkyl halides is 3. The fourth-order valence-electron chi connectivity index (χ4n) is 0.0634. The Kier molecular flexibility index (Phi) is 1.47. The highest BCUT2D eigenvalue weighted by molar-refractivity contribution is 4.65. The third-order valence-corrected chi connectivity index (χ3v) is 0.198. The molecule has 0 aliphatic heterocycles. The summed E-state index contributed by atoms with van der Waals surface area (Å²) in [6, 6.07) is 0. The van der Waals surface area contributed by atoms with Crippen LogP contribution in [0, 0.1) is 11.5 Å². The van der Waals surface area contributed by atoms with E-state index in [1.165, 1.54) is 0 Å². The van der Waals surface area contributed by atoms with Crippen LogP contribution in [-0.4, -0.2) is 6.30 Å². The summed E-state index contributed by atoms with van der Waals surface area (Å²) in [7, 11) is 0. The second kappa shape index (κ2) is 1.69. The summed E-state index contributed by atoms with van der Waals surface area (Å²) in [6.45, 7) is 0. The molecule has 0 aromatic carbocycles. The van der Waals surface area contributed by atoms with Crippen LogP contribution < -0.4 is 5.32 Å². The Morgan fingerprint density at radius 3 is 1.86 bits per heavy atom. The summed E-state index contributed by atoms with van der Waals surface area (Å²) in [5.74, 6) is 0. The predicted octanol–water partition coefficient (Wildman–Crippen LogP) is 0.577. The van der Waals surface area contributed by atoms with Crippen LogP contribution in [0.1, 0.15) is 0 Å². The molecule has 0 aromatic heterocycles. The van der Waals surface area contributed by atoms with Crippen molar-refractivity contribution in [2.24, 2.45) is 0 Å². The number of rotatable bonds is 0. The highest BCUT2D eigenvalue weighted by Gasteiger charge is 2.25. The second-order valence-electron chi connectivity index (χ2n) is 0.735. The van der Waals surface area contributed by atoms with Gasteiger partial charge in [0.05, 0.1) is 0 Å². The van der Waals surface area contributed by atoms with Gasteiger partial charge in [0.15, 0.2) is 6.19 Å². The molecular weight excluding hydrogens is 109 g/mol. The van der Waals surface area contributed by atoms with Crippen molar-refractivity contribution in [3.8, 4) is 6.19 Å². The molecule has 0 saturated heterocycles. The molecular formula is C2HF3N2. The molecule has 0 saturated carbocycles. The van der Waals surface area contributed by atoms with E-state index in [4.69, 9.17) is 5.26 Å². The third-order valence-electron chi connectivity index (χ3n) is 0.198. The highest BCUT2D eigenvalue weighted by atomic mass is 19.4. The minimum atomic E-state index is -4.56. The van der Waals surface area contributed by atoms with Gasteiger partial charge in [-0.2, -0.15) is 5.26 Å². The zero-order valence-electron chi connectivity index (χ0n) is 3.08. The number of nitrogens with zero attached hydrogens (tertiary/aromatic N) is 1. The third kappa shape index (κ3) is 5.08. The molecule has 40 valence electrons. The lowest BCUT2D eigenvalue weighted by molar-refractivity contribution is -0.144. The Morgan fingerprint density at radius 2 is 1.86 bits per heavy atom. The molecule has 0 spiro atoms. The highest BCUT2D eigenvalue weighted by Crippen LogP contribution is 2.07. The van der Waals surface area contributed by atoms with E-state index in [2.05, 4.69) is 0 Å². The van der Waals surface area contributed by atoms with Crippen LogP contribution in [0.25, 0.3) is 0 Å². The van der Waals surface area contributed by atoms with Crippen LogP contribution in [0.15, 0.2) is 0 Å². The van der Waals surface area contributed by atoms with Gasteiger partial charge in [-0.1, -0.05) is 0 Å². The number of nitriles is 1. The smallest absolute Gasteiger partial charge is 0.234 e. The first-order chi connectivity index (χ1) is 3.06. The van der Waals surface area contributed by atoms with Crippen molar-refractivity contribution >= 4 is 0 Å². The van der Waals surface area contributed by atoms with Gasteiger partial charge < -0.3 is 0 Å². The number of halogens is 3. The van der Waals surface area contributed by atoms with Crippen molar-refractivity contribution in [2.45, 2.75) is 6.30 Å². The van der Waals surface area contributed by atoms with Crippen molar-refractivity contribution in [1.29, 1.82) is 5.26 Å². The minimum absolute atomic E-state index is 0.590. The van der Waals surface area contributed by atoms with Crippen molar-refractivity contribution in [1.82, 2.24) is 5.32 Å². The molecule has 0 aliphatic rings. The second-order valence-corrected chi connectivity index (χ2v) is 0.735. The Balaban J connectivity index is 3.40. The van der Waals surface area contributed by atoms with E-state index in [1.54, 1.807) is 0 Å². The molecule has 5 heteroatoms. The van der Waals surface area contributed by atoms with Crippen LogP contribution in [-0.2, 0) is 0 Å². The maximum absolute atomic E-state index is 10.7. The standard InChI is InChI=1S/C2HF3N2/c3-2(4,5)7-1-6/h7H. The van der Waals surface area contributed by atoms with Crippen LogP contribution >= 0.6 is 0 Å². The average molecular weight is 110 g/mol. The fourth-order valence-corrected chi connectivity index (χ4v) is 0.0634. The lowest BCUT2D eigenvalue weighted by atomic mass is 11.1. The molecule has 0 atom stereocenters. The molecule has 0 aliphatic carbocycles. The summed E-state index contributed by atoms with van der Waals surface area (Å²) in [5.41, 5.74) is 0. The average Bonchev–Trinajstić information content (AvgIpc) is 1.30. The van der Waals surface area contributed by atoms with Crippen LogP contribution in [0.3, 0.4) is 0 Å². The topological polar surface area (TPSA) is 35.8 Å². The summed E-state index contributed by atoms with van der Waals surface area (Å²) in [6.07, 6.45) is -3.83. The maximum Gasteiger partial charge on any atom is 0.490 e. The number of hydrogen-bond donors (Lipinski definition) is 1. The fraction of sp³-hybridized carbons (Fsp3) is 0.500. The van der Waals surface area contributed by atoms with Gasteiger partial charge in [0.1, 0.15) is 0 Å². The largest absolute Gasteiger partial charge is 0.490 e. The summed E-state index contributed by atoms with van der Waals surface area (Å²) in [4.78, 5) is 0. The molecule has 7 heavy (non-hydrogen) atoms. The maximum atomic E-state index is 10.7. The summed E-state index contributed by atoms with van der Waals surface area (Å²) >= 11 is 0. The Hall–Kier alpha value is -0.920. The minimum Gasteiger partial charge on any atom is -0.234 e. The SMILES string of the molecule is N#CNC(F)(F)F. The van der Waals surface area contributed by atoms with Gasteiger partial charge in [-0.25, -0.2) is 5.32 Å². The first-order valence-corrected chi connectivity index (χ1v) is 1.29. The van der Waals surface area contributed by atoms with Crippen LogP contribution in [0.5, 0.6) is 0 Å². The zero-order valence-corrected chi connectivity index (χ0v) is 3.08. The Morgan fingerprint density at radius 1 is 1.43 bits per heavy atom. The Bertz CT molecular complexity index is 88.1. The number of nitrogens with one attached hydrogen (secondary N) is 1. The summed E-state index contributed by atoms with van der Waals surface area (Å²) < 4.78 is 32.2. The monoisotopic (exact) mass is 110 g/mol. The molecule has 1 N–H and O–H groups in total. The molecule has 0 amide bonds. The van der Waals surface area contributed by atoms with E-state index in [-0.39, 0.29) is 0 Å². The van der Waals surface area contributed by atoms with E-state index in [0.29, 0.717) is 5.32 Å². The molecule has 0 heterocycles. The molecule has 0 radical (unpaired) electrons. The number of hydrogen-bond acceptors (Lipinski definition) is 2. The van der Waals surface area contributed by atoms with Crippen LogP contribution in [0.2, 0.25) is 0 Å². The van der Waals surface area contributed by atoms with Gasteiger partial charge in [0, 0.05) is 0 Å². The summed E-state index contributed by atoms with van der Waals surface area (Å²) in [5, 5.41) is 7.91. The first-order valence-electron chi connectivity index (χ1n) is 1.29. The van der Waals surface area contributed by atoms with Crippen molar-refractivity contribution < 1.29 is 13.2 Å². The lowest BCUT2D eigenvalue weighted by Gasteiger charge is -1.97. The lowest BCUT2D eigenvalue weighted by Crippen LogP contribution is -2.26. The van der Waals surface area contributed by atoms with E-state index >= 15 is 0 Å². The van der Waals surface area contributed by atoms with E-state index in [1.807, 2.05) is 0 Å². The van der Waals surface area contributed by atoms with Crippen molar-refractivity contribution in [2.75, 3.05) is 0 Å². The first kappa shape index (κ1) is 6.08. The van der Waals surface area contributed by atoms with Gasteiger partial charge in [-0.05, 0) is 0 Å².